The number of hydrogen-bond acceptors (Lipinski definition) is 4. The summed E-state index contributed by atoms with van der Waals surface area (Å²) in [4.78, 5) is 32.2. The standard InChI is InChI=1S/C26H25N5O2/c27-15-18-6-8-21(9-7-18)26(33)31-22(14-17-4-2-1-3-5-17)25-29-16-23(30-25)19-10-12-20(13-11-19)24(28)32/h1-13,16,22H,14-15,27H2,(H2,28,32)(H,29,30)(H,31,33). The van der Waals surface area contributed by atoms with Crippen LogP contribution in [0, 0.1) is 0 Å². The van der Waals surface area contributed by atoms with Crippen molar-refractivity contribution in [3.05, 3.63) is 113 Å². The van der Waals surface area contributed by atoms with Crippen LogP contribution in [0.5, 0.6) is 0 Å². The number of carbonyl (C=O) groups is 2. The zero-order chi connectivity index (χ0) is 23.2. The van der Waals surface area contributed by atoms with E-state index >= 15 is 0 Å². The molecule has 4 aromatic rings. The molecule has 4 rings (SSSR count). The lowest BCUT2D eigenvalue weighted by molar-refractivity contribution is 0.0934. The second-order valence-electron chi connectivity index (χ2n) is 7.73. The summed E-state index contributed by atoms with van der Waals surface area (Å²) in [6.07, 6.45) is 2.36. The van der Waals surface area contributed by atoms with Gasteiger partial charge in [0.2, 0.25) is 5.91 Å². The van der Waals surface area contributed by atoms with Crippen LogP contribution < -0.4 is 16.8 Å². The number of carbonyl (C=O) groups excluding carboxylic acids is 2. The summed E-state index contributed by atoms with van der Waals surface area (Å²) in [5.41, 5.74) is 15.6. The van der Waals surface area contributed by atoms with Crippen LogP contribution in [-0.4, -0.2) is 21.8 Å². The highest BCUT2D eigenvalue weighted by atomic mass is 16.2. The molecule has 1 unspecified atom stereocenters. The maximum atomic E-state index is 13.0. The van der Waals surface area contributed by atoms with Crippen molar-refractivity contribution < 1.29 is 9.59 Å². The Hall–Kier alpha value is -4.23. The largest absolute Gasteiger partial charge is 0.366 e. The Morgan fingerprint density at radius 3 is 2.18 bits per heavy atom. The van der Waals surface area contributed by atoms with E-state index in [-0.39, 0.29) is 11.9 Å². The van der Waals surface area contributed by atoms with Crippen LogP contribution >= 0.6 is 0 Å². The predicted octanol–water partition coefficient (Wildman–Crippen LogP) is 3.35. The van der Waals surface area contributed by atoms with Crippen LogP contribution in [0.1, 0.15) is 43.7 Å². The van der Waals surface area contributed by atoms with E-state index in [9.17, 15) is 9.59 Å². The number of aromatic nitrogens is 2. The Bertz CT molecular complexity index is 1230. The topological polar surface area (TPSA) is 127 Å². The van der Waals surface area contributed by atoms with Gasteiger partial charge in [-0.25, -0.2) is 4.98 Å². The van der Waals surface area contributed by atoms with E-state index in [1.165, 1.54) is 0 Å². The number of primary amides is 1. The molecule has 33 heavy (non-hydrogen) atoms. The molecule has 0 aliphatic heterocycles. The van der Waals surface area contributed by atoms with Crippen molar-refractivity contribution in [1.29, 1.82) is 0 Å². The van der Waals surface area contributed by atoms with Crippen LogP contribution in [-0.2, 0) is 13.0 Å². The van der Waals surface area contributed by atoms with Gasteiger partial charge in [-0.05, 0) is 41.8 Å². The fourth-order valence-electron chi connectivity index (χ4n) is 3.57. The molecule has 0 bridgehead atoms. The van der Waals surface area contributed by atoms with Crippen molar-refractivity contribution in [2.45, 2.75) is 19.0 Å². The maximum absolute atomic E-state index is 13.0. The lowest BCUT2D eigenvalue weighted by Gasteiger charge is -2.17. The van der Waals surface area contributed by atoms with Gasteiger partial charge in [0.15, 0.2) is 0 Å². The number of nitrogens with one attached hydrogen (secondary N) is 2. The normalized spacial score (nSPS) is 11.7. The molecule has 3 aromatic carbocycles. The van der Waals surface area contributed by atoms with Gasteiger partial charge < -0.3 is 21.8 Å². The second kappa shape index (κ2) is 9.93. The van der Waals surface area contributed by atoms with Crippen molar-refractivity contribution in [3.8, 4) is 11.3 Å². The molecule has 0 saturated carbocycles. The Morgan fingerprint density at radius 1 is 0.879 bits per heavy atom. The molecule has 6 N–H and O–H groups in total. The number of rotatable bonds is 8. The number of aromatic amines is 1. The zero-order valence-electron chi connectivity index (χ0n) is 18.0. The molecule has 166 valence electrons. The maximum Gasteiger partial charge on any atom is 0.251 e. The van der Waals surface area contributed by atoms with Crippen LogP contribution in [0.25, 0.3) is 11.3 Å². The minimum atomic E-state index is -0.477. The molecule has 0 aliphatic rings. The molecule has 0 fully saturated rings. The minimum absolute atomic E-state index is 0.191. The number of nitrogens with zero attached hydrogens (tertiary/aromatic N) is 1. The lowest BCUT2D eigenvalue weighted by Crippen LogP contribution is -2.30. The van der Waals surface area contributed by atoms with E-state index in [0.29, 0.717) is 35.6 Å². The molecule has 1 heterocycles. The SMILES string of the molecule is NCc1ccc(C(=O)NC(Cc2ccccc2)c2nc(-c3ccc(C(N)=O)cc3)c[nH]2)cc1. The highest BCUT2D eigenvalue weighted by Gasteiger charge is 2.20. The summed E-state index contributed by atoms with van der Waals surface area (Å²) in [5.74, 6) is -0.0302. The van der Waals surface area contributed by atoms with Gasteiger partial charge in [0.1, 0.15) is 5.82 Å². The zero-order valence-corrected chi connectivity index (χ0v) is 18.0. The summed E-state index contributed by atoms with van der Waals surface area (Å²) in [7, 11) is 0. The lowest BCUT2D eigenvalue weighted by atomic mass is 10.0. The highest BCUT2D eigenvalue weighted by molar-refractivity contribution is 5.94. The molecular formula is C26H25N5O2. The highest BCUT2D eigenvalue weighted by Crippen LogP contribution is 2.22. The molecule has 1 atom stereocenters. The van der Waals surface area contributed by atoms with Crippen LogP contribution in [0.4, 0.5) is 0 Å². The predicted molar refractivity (Wildman–Crippen MR) is 127 cm³/mol. The van der Waals surface area contributed by atoms with Gasteiger partial charge in [0, 0.05) is 29.4 Å². The van der Waals surface area contributed by atoms with E-state index in [1.807, 2.05) is 42.5 Å². The van der Waals surface area contributed by atoms with Gasteiger partial charge in [-0.3, -0.25) is 9.59 Å². The van der Waals surface area contributed by atoms with E-state index < -0.39 is 5.91 Å². The van der Waals surface area contributed by atoms with Crippen molar-refractivity contribution in [2.24, 2.45) is 11.5 Å². The molecule has 7 nitrogen and oxygen atoms in total. The van der Waals surface area contributed by atoms with Gasteiger partial charge >= 0.3 is 0 Å². The first-order valence-electron chi connectivity index (χ1n) is 10.6. The number of nitrogens with two attached hydrogens (primary N) is 2. The number of H-pyrrole nitrogens is 1. The summed E-state index contributed by atoms with van der Waals surface area (Å²) < 4.78 is 0. The monoisotopic (exact) mass is 439 g/mol. The van der Waals surface area contributed by atoms with Gasteiger partial charge in [-0.2, -0.15) is 0 Å². The Morgan fingerprint density at radius 2 is 1.55 bits per heavy atom. The quantitative estimate of drug-likeness (QED) is 0.336. The van der Waals surface area contributed by atoms with Crippen molar-refractivity contribution in [3.63, 3.8) is 0 Å². The first kappa shape index (κ1) is 22.0. The third-order valence-electron chi connectivity index (χ3n) is 5.43. The summed E-state index contributed by atoms with van der Waals surface area (Å²) in [6.45, 7) is 0.425. The molecule has 1 aromatic heterocycles. The van der Waals surface area contributed by atoms with Crippen LogP contribution in [0.2, 0.25) is 0 Å². The minimum Gasteiger partial charge on any atom is -0.366 e. The van der Waals surface area contributed by atoms with Gasteiger partial charge in [-0.15, -0.1) is 0 Å². The van der Waals surface area contributed by atoms with Gasteiger partial charge in [0.05, 0.1) is 11.7 Å². The third-order valence-corrected chi connectivity index (χ3v) is 5.43. The second-order valence-corrected chi connectivity index (χ2v) is 7.73. The molecule has 0 radical (unpaired) electrons. The number of amides is 2. The molecule has 0 saturated heterocycles. The van der Waals surface area contributed by atoms with Gasteiger partial charge in [0.25, 0.3) is 5.91 Å². The summed E-state index contributed by atoms with van der Waals surface area (Å²) in [5, 5.41) is 3.10. The van der Waals surface area contributed by atoms with Crippen LogP contribution in [0.15, 0.2) is 85.1 Å². The average Bonchev–Trinajstić information content (AvgIpc) is 3.35. The summed E-state index contributed by atoms with van der Waals surface area (Å²) >= 11 is 0. The fraction of sp³-hybridized carbons (Fsp3) is 0.115. The Labute approximate surface area is 191 Å². The first-order chi connectivity index (χ1) is 16.0. The van der Waals surface area contributed by atoms with Crippen molar-refractivity contribution >= 4 is 11.8 Å². The summed E-state index contributed by atoms with van der Waals surface area (Å²) in [6, 6.07) is 23.7. The smallest absolute Gasteiger partial charge is 0.251 e. The third kappa shape index (κ3) is 5.34. The molecule has 0 spiro atoms. The fourth-order valence-corrected chi connectivity index (χ4v) is 3.57. The Kier molecular flexibility index (Phi) is 6.61. The number of hydrogen-bond donors (Lipinski definition) is 4. The van der Waals surface area contributed by atoms with E-state index in [4.69, 9.17) is 16.5 Å². The molecular weight excluding hydrogens is 414 g/mol. The van der Waals surface area contributed by atoms with Crippen molar-refractivity contribution in [2.75, 3.05) is 0 Å². The number of benzene rings is 3. The molecule has 0 aliphatic carbocycles. The number of imidazole rings is 1. The van der Waals surface area contributed by atoms with E-state index in [0.717, 1.165) is 16.7 Å². The van der Waals surface area contributed by atoms with Crippen molar-refractivity contribution in [1.82, 2.24) is 15.3 Å². The molecule has 2 amide bonds. The van der Waals surface area contributed by atoms with Crippen LogP contribution in [0.3, 0.4) is 0 Å². The first-order valence-corrected chi connectivity index (χ1v) is 10.6. The van der Waals surface area contributed by atoms with E-state index in [2.05, 4.69) is 10.3 Å². The average molecular weight is 440 g/mol. The van der Waals surface area contributed by atoms with E-state index in [1.54, 1.807) is 42.6 Å². The van der Waals surface area contributed by atoms with Gasteiger partial charge in [-0.1, -0.05) is 54.6 Å². The Balaban J connectivity index is 1.59. The molecule has 7 heteroatoms.